The molecule has 0 saturated heterocycles. The van der Waals surface area contributed by atoms with E-state index in [1.54, 1.807) is 0 Å². The minimum atomic E-state index is 0.118. The van der Waals surface area contributed by atoms with E-state index in [0.29, 0.717) is 11.9 Å². The van der Waals surface area contributed by atoms with Gasteiger partial charge in [-0.15, -0.1) is 0 Å². The first-order valence-electron chi connectivity index (χ1n) is 7.30. The van der Waals surface area contributed by atoms with Gasteiger partial charge in [0.2, 0.25) is 0 Å². The molecule has 1 saturated carbocycles. The molecule has 2 rings (SSSR count). The van der Waals surface area contributed by atoms with E-state index in [0.717, 1.165) is 16.7 Å². The molecule has 108 valence electrons. The van der Waals surface area contributed by atoms with E-state index >= 15 is 0 Å². The Morgan fingerprint density at radius 2 is 2.16 bits per heavy atom. The Kier molecular flexibility index (Phi) is 4.91. The molecule has 0 aliphatic heterocycles. The Labute approximate surface area is 119 Å². The summed E-state index contributed by atoms with van der Waals surface area (Å²) in [6.45, 7) is 6.30. The van der Waals surface area contributed by atoms with Crippen LogP contribution >= 0.6 is 11.5 Å². The van der Waals surface area contributed by atoms with Gasteiger partial charge in [-0.1, -0.05) is 26.2 Å². The van der Waals surface area contributed by atoms with Crippen molar-refractivity contribution in [3.05, 3.63) is 0 Å². The van der Waals surface area contributed by atoms with Gasteiger partial charge in [0.15, 0.2) is 16.6 Å². The molecule has 1 aliphatic carbocycles. The lowest BCUT2D eigenvalue weighted by atomic mass is 9.83. The van der Waals surface area contributed by atoms with Crippen LogP contribution in [0.5, 0.6) is 5.75 Å². The Hall–Kier alpha value is -0.970. The second-order valence-electron chi connectivity index (χ2n) is 5.60. The van der Waals surface area contributed by atoms with E-state index in [4.69, 9.17) is 10.5 Å². The number of hydrogen-bond donors (Lipinski definition) is 2. The fraction of sp³-hybridized carbons (Fsp3) is 0.786. The van der Waals surface area contributed by atoms with Gasteiger partial charge in [-0.25, -0.2) is 0 Å². The number of rotatable bonds is 5. The van der Waals surface area contributed by atoms with E-state index in [9.17, 15) is 0 Å². The summed E-state index contributed by atoms with van der Waals surface area (Å²) < 4.78 is 10.0. The SMILES string of the molecule is CCC1CCCCC1Nc1snc(N)c1OC(C)C. The Morgan fingerprint density at radius 1 is 1.42 bits per heavy atom. The highest BCUT2D eigenvalue weighted by molar-refractivity contribution is 7.11. The number of ether oxygens (including phenoxy) is 1. The zero-order valence-electron chi connectivity index (χ0n) is 12.1. The second-order valence-corrected chi connectivity index (χ2v) is 6.37. The van der Waals surface area contributed by atoms with Crippen molar-refractivity contribution >= 4 is 22.4 Å². The molecule has 0 bridgehead atoms. The lowest BCUT2D eigenvalue weighted by Gasteiger charge is -2.32. The van der Waals surface area contributed by atoms with Crippen LogP contribution in [0.3, 0.4) is 0 Å². The molecule has 2 atom stereocenters. The number of nitrogens with two attached hydrogens (primary N) is 1. The van der Waals surface area contributed by atoms with E-state index in [2.05, 4.69) is 16.6 Å². The molecule has 1 aromatic rings. The maximum absolute atomic E-state index is 5.90. The van der Waals surface area contributed by atoms with Gasteiger partial charge in [0.05, 0.1) is 6.10 Å². The van der Waals surface area contributed by atoms with Gasteiger partial charge in [0.25, 0.3) is 0 Å². The normalized spacial score (nSPS) is 23.6. The molecule has 19 heavy (non-hydrogen) atoms. The lowest BCUT2D eigenvalue weighted by molar-refractivity contribution is 0.244. The van der Waals surface area contributed by atoms with E-state index < -0.39 is 0 Å². The smallest absolute Gasteiger partial charge is 0.197 e. The van der Waals surface area contributed by atoms with Crippen molar-refractivity contribution in [2.75, 3.05) is 11.1 Å². The molecule has 0 radical (unpaired) electrons. The van der Waals surface area contributed by atoms with Gasteiger partial charge in [-0.05, 0) is 44.1 Å². The van der Waals surface area contributed by atoms with Crippen LogP contribution in [0.4, 0.5) is 10.8 Å². The average molecular weight is 283 g/mol. The number of nitrogens with zero attached hydrogens (tertiary/aromatic N) is 1. The van der Waals surface area contributed by atoms with Crippen LogP contribution in [0, 0.1) is 5.92 Å². The lowest BCUT2D eigenvalue weighted by Crippen LogP contribution is -2.31. The summed E-state index contributed by atoms with van der Waals surface area (Å²) >= 11 is 1.41. The summed E-state index contributed by atoms with van der Waals surface area (Å²) in [5.74, 6) is 1.99. The predicted octanol–water partition coefficient (Wildman–Crippen LogP) is 3.89. The number of nitrogen functional groups attached to an aromatic ring is 1. The number of hydrogen-bond acceptors (Lipinski definition) is 5. The maximum Gasteiger partial charge on any atom is 0.197 e. The highest BCUT2D eigenvalue weighted by Gasteiger charge is 2.26. The standard InChI is InChI=1S/C14H25N3OS/c1-4-10-7-5-6-8-11(10)16-14-12(18-9(2)3)13(15)17-19-14/h9-11,16H,4-8H2,1-3H3,(H2,15,17). The van der Waals surface area contributed by atoms with Crippen LogP contribution in [0.2, 0.25) is 0 Å². The molecule has 0 aromatic carbocycles. The number of anilines is 2. The first kappa shape index (κ1) is 14.4. The minimum absolute atomic E-state index is 0.118. The van der Waals surface area contributed by atoms with Crippen LogP contribution in [0.25, 0.3) is 0 Å². The summed E-state index contributed by atoms with van der Waals surface area (Å²) in [5.41, 5.74) is 5.90. The molecule has 5 heteroatoms. The van der Waals surface area contributed by atoms with Gasteiger partial charge in [0, 0.05) is 6.04 Å². The summed E-state index contributed by atoms with van der Waals surface area (Å²) in [7, 11) is 0. The third kappa shape index (κ3) is 3.53. The largest absolute Gasteiger partial charge is 0.484 e. The van der Waals surface area contributed by atoms with Gasteiger partial charge >= 0.3 is 0 Å². The Bertz CT molecular complexity index is 405. The molecule has 2 unspecified atom stereocenters. The van der Waals surface area contributed by atoms with Crippen molar-refractivity contribution < 1.29 is 4.74 Å². The molecule has 1 heterocycles. The monoisotopic (exact) mass is 283 g/mol. The predicted molar refractivity (Wildman–Crippen MR) is 82.0 cm³/mol. The van der Waals surface area contributed by atoms with Crippen molar-refractivity contribution in [2.45, 2.75) is 65.0 Å². The van der Waals surface area contributed by atoms with Gasteiger partial charge in [0.1, 0.15) is 0 Å². The van der Waals surface area contributed by atoms with Gasteiger partial charge in [-0.3, -0.25) is 0 Å². The van der Waals surface area contributed by atoms with Crippen molar-refractivity contribution in [3.8, 4) is 5.75 Å². The molecule has 1 aromatic heterocycles. The van der Waals surface area contributed by atoms with Crippen LogP contribution in [0.15, 0.2) is 0 Å². The third-order valence-corrected chi connectivity index (χ3v) is 4.55. The van der Waals surface area contributed by atoms with Crippen LogP contribution in [0.1, 0.15) is 52.9 Å². The summed E-state index contributed by atoms with van der Waals surface area (Å²) in [5, 5.41) is 4.62. The highest BCUT2D eigenvalue weighted by atomic mass is 32.1. The zero-order chi connectivity index (χ0) is 13.8. The molecule has 1 fully saturated rings. The fourth-order valence-corrected chi connectivity index (χ4v) is 3.50. The highest BCUT2D eigenvalue weighted by Crippen LogP contribution is 2.39. The average Bonchev–Trinajstić information content (AvgIpc) is 2.71. The Balaban J connectivity index is 2.09. The van der Waals surface area contributed by atoms with Crippen molar-refractivity contribution in [1.82, 2.24) is 4.37 Å². The minimum Gasteiger partial charge on any atom is -0.484 e. The molecule has 0 amide bonds. The number of aromatic nitrogens is 1. The first-order valence-corrected chi connectivity index (χ1v) is 8.07. The summed E-state index contributed by atoms with van der Waals surface area (Å²) in [6.07, 6.45) is 6.57. The summed E-state index contributed by atoms with van der Waals surface area (Å²) in [4.78, 5) is 0. The van der Waals surface area contributed by atoms with E-state index in [1.165, 1.54) is 43.6 Å². The topological polar surface area (TPSA) is 60.2 Å². The molecule has 0 spiro atoms. The van der Waals surface area contributed by atoms with Crippen LogP contribution in [-0.2, 0) is 0 Å². The van der Waals surface area contributed by atoms with Crippen molar-refractivity contribution in [3.63, 3.8) is 0 Å². The molecule has 3 N–H and O–H groups in total. The third-order valence-electron chi connectivity index (χ3n) is 3.78. The summed E-state index contributed by atoms with van der Waals surface area (Å²) in [6, 6.07) is 0.535. The van der Waals surface area contributed by atoms with Crippen LogP contribution in [-0.4, -0.2) is 16.5 Å². The van der Waals surface area contributed by atoms with E-state index in [1.807, 2.05) is 13.8 Å². The van der Waals surface area contributed by atoms with Crippen molar-refractivity contribution in [1.29, 1.82) is 0 Å². The van der Waals surface area contributed by atoms with Crippen LogP contribution < -0.4 is 15.8 Å². The molecular weight excluding hydrogens is 258 g/mol. The van der Waals surface area contributed by atoms with E-state index in [-0.39, 0.29) is 6.10 Å². The van der Waals surface area contributed by atoms with Gasteiger partial charge < -0.3 is 15.8 Å². The zero-order valence-corrected chi connectivity index (χ0v) is 12.9. The van der Waals surface area contributed by atoms with Crippen molar-refractivity contribution in [2.24, 2.45) is 5.92 Å². The Morgan fingerprint density at radius 3 is 2.84 bits per heavy atom. The molecular formula is C14H25N3OS. The maximum atomic E-state index is 5.90. The quantitative estimate of drug-likeness (QED) is 0.860. The molecule has 1 aliphatic rings. The molecule has 4 nitrogen and oxygen atoms in total. The fourth-order valence-electron chi connectivity index (χ4n) is 2.79. The van der Waals surface area contributed by atoms with Gasteiger partial charge in [-0.2, -0.15) is 4.37 Å². The number of nitrogens with one attached hydrogen (secondary N) is 1. The second kappa shape index (κ2) is 6.46. The first-order chi connectivity index (χ1) is 9.11.